The Balaban J connectivity index is 1.62. The summed E-state index contributed by atoms with van der Waals surface area (Å²) < 4.78 is 43.3. The first-order chi connectivity index (χ1) is 12.8. The van der Waals surface area contributed by atoms with E-state index < -0.39 is 17.8 Å². The van der Waals surface area contributed by atoms with E-state index in [1.807, 2.05) is 6.07 Å². The van der Waals surface area contributed by atoms with Gasteiger partial charge in [0.25, 0.3) is 5.91 Å². The zero-order valence-corrected chi connectivity index (χ0v) is 14.9. The summed E-state index contributed by atoms with van der Waals surface area (Å²) in [4.78, 5) is 15.8. The van der Waals surface area contributed by atoms with Gasteiger partial charge >= 0.3 is 6.18 Å². The highest BCUT2D eigenvalue weighted by Crippen LogP contribution is 2.32. The van der Waals surface area contributed by atoms with E-state index in [2.05, 4.69) is 15.6 Å². The van der Waals surface area contributed by atoms with Gasteiger partial charge in [0.2, 0.25) is 0 Å². The lowest BCUT2D eigenvalue weighted by Crippen LogP contribution is -2.26. The van der Waals surface area contributed by atoms with E-state index in [-0.39, 0.29) is 23.3 Å². The molecule has 0 bridgehead atoms. The second-order valence-electron chi connectivity index (χ2n) is 6.10. The van der Waals surface area contributed by atoms with Crippen molar-refractivity contribution in [2.75, 3.05) is 17.2 Å². The minimum absolute atomic E-state index is 0.118. The molecule has 0 saturated carbocycles. The van der Waals surface area contributed by atoms with Crippen LogP contribution in [0, 0.1) is 0 Å². The molecule has 2 heterocycles. The molecule has 1 amide bonds. The number of hydrogen-bond acceptors (Lipinski definition) is 4. The summed E-state index contributed by atoms with van der Waals surface area (Å²) in [5, 5.41) is 5.58. The third kappa shape index (κ3) is 5.11. The maximum atomic E-state index is 12.6. The van der Waals surface area contributed by atoms with Crippen LogP contribution in [0.1, 0.15) is 24.0 Å². The molecule has 3 rings (SSSR count). The number of hydrogen-bond donors (Lipinski definition) is 2. The monoisotopic (exact) mass is 399 g/mol. The van der Waals surface area contributed by atoms with Crippen LogP contribution >= 0.6 is 11.6 Å². The number of nitrogens with zero attached hydrogens (tertiary/aromatic N) is 1. The molecule has 2 N–H and O–H groups in total. The summed E-state index contributed by atoms with van der Waals surface area (Å²) in [5.74, 6) is -0.0384. The van der Waals surface area contributed by atoms with Crippen molar-refractivity contribution in [3.05, 3.63) is 52.7 Å². The summed E-state index contributed by atoms with van der Waals surface area (Å²) >= 11 is 5.88. The molecule has 0 radical (unpaired) electrons. The topological polar surface area (TPSA) is 63.2 Å². The Morgan fingerprint density at radius 1 is 1.33 bits per heavy atom. The molecule has 1 unspecified atom stereocenters. The first-order valence-corrected chi connectivity index (χ1v) is 8.69. The van der Waals surface area contributed by atoms with Gasteiger partial charge in [0, 0.05) is 25.0 Å². The van der Waals surface area contributed by atoms with Crippen LogP contribution < -0.4 is 10.6 Å². The number of carbonyl (C=O) groups is 1. The predicted octanol–water partition coefficient (Wildman–Crippen LogP) is 4.48. The number of ether oxygens (including phenoxy) is 1. The van der Waals surface area contributed by atoms with Crippen LogP contribution in [0.15, 0.2) is 36.5 Å². The molecule has 27 heavy (non-hydrogen) atoms. The van der Waals surface area contributed by atoms with Crippen molar-refractivity contribution in [1.82, 2.24) is 4.98 Å². The lowest BCUT2D eigenvalue weighted by Gasteiger charge is -2.13. The first-order valence-electron chi connectivity index (χ1n) is 8.31. The summed E-state index contributed by atoms with van der Waals surface area (Å²) in [6.45, 7) is 0.866. The van der Waals surface area contributed by atoms with Crippen molar-refractivity contribution < 1.29 is 22.7 Å². The van der Waals surface area contributed by atoms with Crippen molar-refractivity contribution in [3.63, 3.8) is 0 Å². The average molecular weight is 400 g/mol. The summed E-state index contributed by atoms with van der Waals surface area (Å²) in [5.41, 5.74) is 0.510. The molecule has 0 spiro atoms. The molecule has 2 aromatic rings. The van der Waals surface area contributed by atoms with Crippen molar-refractivity contribution in [2.45, 2.75) is 31.7 Å². The molecule has 1 aliphatic heterocycles. The highest BCUT2D eigenvalue weighted by atomic mass is 35.5. The molecule has 0 aliphatic carbocycles. The van der Waals surface area contributed by atoms with Gasteiger partial charge in [0.15, 0.2) is 0 Å². The van der Waals surface area contributed by atoms with Crippen molar-refractivity contribution in [2.24, 2.45) is 0 Å². The minimum Gasteiger partial charge on any atom is -0.368 e. The van der Waals surface area contributed by atoms with Crippen molar-refractivity contribution >= 4 is 29.0 Å². The van der Waals surface area contributed by atoms with Crippen LogP contribution in [0.2, 0.25) is 5.02 Å². The summed E-state index contributed by atoms with van der Waals surface area (Å²) in [6, 6.07) is 7.92. The number of anilines is 2. The maximum absolute atomic E-state index is 12.6. The SMILES string of the molecule is O=C(Nc1cccc(CNc2ncc(C(F)(F)F)cc2Cl)c1)C1CCCO1. The van der Waals surface area contributed by atoms with E-state index in [0.29, 0.717) is 18.7 Å². The fourth-order valence-corrected chi connectivity index (χ4v) is 2.91. The molecule has 1 fully saturated rings. The first kappa shape index (κ1) is 19.4. The van der Waals surface area contributed by atoms with E-state index in [4.69, 9.17) is 16.3 Å². The van der Waals surface area contributed by atoms with Gasteiger partial charge in [-0.15, -0.1) is 0 Å². The fourth-order valence-electron chi connectivity index (χ4n) is 2.68. The van der Waals surface area contributed by atoms with Gasteiger partial charge in [0.1, 0.15) is 11.9 Å². The van der Waals surface area contributed by atoms with Gasteiger partial charge < -0.3 is 15.4 Å². The molecule has 1 atom stereocenters. The Labute approximate surface area is 158 Å². The Morgan fingerprint density at radius 3 is 2.81 bits per heavy atom. The van der Waals surface area contributed by atoms with Crippen molar-refractivity contribution in [1.29, 1.82) is 0 Å². The highest BCUT2D eigenvalue weighted by Gasteiger charge is 2.31. The lowest BCUT2D eigenvalue weighted by molar-refractivity contribution is -0.137. The molecule has 144 valence electrons. The van der Waals surface area contributed by atoms with E-state index in [1.54, 1.807) is 18.2 Å². The zero-order chi connectivity index (χ0) is 19.4. The van der Waals surface area contributed by atoms with Crippen LogP contribution in [0.4, 0.5) is 24.7 Å². The number of halogens is 4. The minimum atomic E-state index is -4.50. The van der Waals surface area contributed by atoms with Gasteiger partial charge in [-0.2, -0.15) is 13.2 Å². The number of pyridine rings is 1. The van der Waals surface area contributed by atoms with Crippen LogP contribution in [0.3, 0.4) is 0 Å². The average Bonchev–Trinajstić information content (AvgIpc) is 3.15. The number of carbonyl (C=O) groups excluding carboxylic acids is 1. The molecule has 1 aliphatic rings. The third-order valence-corrected chi connectivity index (χ3v) is 4.33. The maximum Gasteiger partial charge on any atom is 0.417 e. The van der Waals surface area contributed by atoms with Gasteiger partial charge in [-0.1, -0.05) is 23.7 Å². The van der Waals surface area contributed by atoms with Gasteiger partial charge in [0.05, 0.1) is 10.6 Å². The number of nitrogens with one attached hydrogen (secondary N) is 2. The number of benzene rings is 1. The number of aromatic nitrogens is 1. The predicted molar refractivity (Wildman–Crippen MR) is 95.6 cm³/mol. The molecular weight excluding hydrogens is 383 g/mol. The van der Waals surface area contributed by atoms with E-state index in [0.717, 1.165) is 24.2 Å². The highest BCUT2D eigenvalue weighted by molar-refractivity contribution is 6.32. The molecular formula is C18H17ClF3N3O2. The Hall–Kier alpha value is -2.32. The fraction of sp³-hybridized carbons (Fsp3) is 0.333. The second kappa shape index (κ2) is 8.14. The number of alkyl halides is 3. The summed E-state index contributed by atoms with van der Waals surface area (Å²) in [6.07, 6.45) is -2.63. The quantitative estimate of drug-likeness (QED) is 0.778. The Kier molecular flexibility index (Phi) is 5.86. The van der Waals surface area contributed by atoms with Crippen LogP contribution in [0.5, 0.6) is 0 Å². The van der Waals surface area contributed by atoms with E-state index in [1.165, 1.54) is 0 Å². The van der Waals surface area contributed by atoms with Crippen LogP contribution in [-0.4, -0.2) is 23.6 Å². The lowest BCUT2D eigenvalue weighted by atomic mass is 10.2. The van der Waals surface area contributed by atoms with Gasteiger partial charge in [-0.05, 0) is 36.6 Å². The van der Waals surface area contributed by atoms with Crippen LogP contribution in [-0.2, 0) is 22.3 Å². The smallest absolute Gasteiger partial charge is 0.368 e. The number of rotatable bonds is 5. The van der Waals surface area contributed by atoms with Gasteiger partial charge in [-0.3, -0.25) is 4.79 Å². The molecule has 9 heteroatoms. The summed E-state index contributed by atoms with van der Waals surface area (Å²) in [7, 11) is 0. The Bertz CT molecular complexity index is 824. The van der Waals surface area contributed by atoms with E-state index in [9.17, 15) is 18.0 Å². The molecule has 1 saturated heterocycles. The van der Waals surface area contributed by atoms with Crippen molar-refractivity contribution in [3.8, 4) is 0 Å². The normalized spacial score (nSPS) is 17.0. The van der Waals surface area contributed by atoms with Gasteiger partial charge in [-0.25, -0.2) is 4.98 Å². The Morgan fingerprint density at radius 2 is 2.15 bits per heavy atom. The second-order valence-corrected chi connectivity index (χ2v) is 6.50. The number of amides is 1. The van der Waals surface area contributed by atoms with Crippen LogP contribution in [0.25, 0.3) is 0 Å². The zero-order valence-electron chi connectivity index (χ0n) is 14.1. The van der Waals surface area contributed by atoms with E-state index >= 15 is 0 Å². The molecule has 1 aromatic heterocycles. The largest absolute Gasteiger partial charge is 0.417 e. The standard InChI is InChI=1S/C18H17ClF3N3O2/c19-14-8-12(18(20,21)22)10-24-16(14)23-9-11-3-1-4-13(7-11)25-17(26)15-5-2-6-27-15/h1,3-4,7-8,10,15H,2,5-6,9H2,(H,23,24)(H,25,26). The molecule has 1 aromatic carbocycles. The molecule has 5 nitrogen and oxygen atoms in total. The third-order valence-electron chi connectivity index (χ3n) is 4.05.